The van der Waals surface area contributed by atoms with Gasteiger partial charge in [0, 0.05) is 12.2 Å². The average molecular weight is 260 g/mol. The smallest absolute Gasteiger partial charge is 0.310 e. The number of fused-ring (bicyclic) bond motifs is 1. The standard InChI is InChI=1S/C13H16N4O2/c1-19-13(18)8-3-2-4-10(8)17-12-9-5-6-14-11(9)15-7-16-12/h5-8,10H,2-4H2,1H3,(H2,14,15,16,17)/t8-,10+/m1/s1. The summed E-state index contributed by atoms with van der Waals surface area (Å²) < 4.78 is 4.86. The molecule has 2 aromatic rings. The zero-order valence-electron chi connectivity index (χ0n) is 10.7. The first-order chi connectivity index (χ1) is 9.29. The second-order valence-electron chi connectivity index (χ2n) is 4.77. The van der Waals surface area contributed by atoms with Crippen molar-refractivity contribution in [3.63, 3.8) is 0 Å². The fourth-order valence-electron chi connectivity index (χ4n) is 2.73. The average Bonchev–Trinajstić information content (AvgIpc) is 3.06. The van der Waals surface area contributed by atoms with Crippen LogP contribution in [0.2, 0.25) is 0 Å². The Morgan fingerprint density at radius 1 is 1.47 bits per heavy atom. The van der Waals surface area contributed by atoms with E-state index in [0.717, 1.165) is 36.1 Å². The van der Waals surface area contributed by atoms with Crippen LogP contribution >= 0.6 is 0 Å². The monoisotopic (exact) mass is 260 g/mol. The molecule has 0 aromatic carbocycles. The third-order valence-corrected chi connectivity index (χ3v) is 3.70. The maximum atomic E-state index is 11.7. The number of nitrogens with zero attached hydrogens (tertiary/aromatic N) is 2. The lowest BCUT2D eigenvalue weighted by atomic mass is 10.0. The predicted octanol–water partition coefficient (Wildman–Crippen LogP) is 1.71. The summed E-state index contributed by atoms with van der Waals surface area (Å²) >= 11 is 0. The highest BCUT2D eigenvalue weighted by Crippen LogP contribution is 2.30. The first-order valence-electron chi connectivity index (χ1n) is 6.42. The molecule has 0 saturated heterocycles. The number of ether oxygens (including phenoxy) is 1. The molecule has 2 atom stereocenters. The van der Waals surface area contributed by atoms with Crippen LogP contribution in [0.3, 0.4) is 0 Å². The molecule has 0 unspecified atom stereocenters. The maximum Gasteiger partial charge on any atom is 0.310 e. The molecule has 100 valence electrons. The Hall–Kier alpha value is -2.11. The van der Waals surface area contributed by atoms with Gasteiger partial charge in [0.05, 0.1) is 18.4 Å². The number of hydrogen-bond donors (Lipinski definition) is 2. The van der Waals surface area contributed by atoms with Gasteiger partial charge in [0.25, 0.3) is 0 Å². The van der Waals surface area contributed by atoms with Crippen LogP contribution < -0.4 is 5.32 Å². The normalized spacial score (nSPS) is 22.6. The van der Waals surface area contributed by atoms with Gasteiger partial charge in [-0.05, 0) is 18.9 Å². The molecule has 0 spiro atoms. The van der Waals surface area contributed by atoms with Crippen LogP contribution in [0.15, 0.2) is 18.6 Å². The Kier molecular flexibility index (Phi) is 3.06. The summed E-state index contributed by atoms with van der Waals surface area (Å²) in [6.07, 6.45) is 6.19. The molecule has 3 rings (SSSR count). The molecule has 1 aliphatic rings. The zero-order chi connectivity index (χ0) is 13.2. The number of rotatable bonds is 3. The van der Waals surface area contributed by atoms with Gasteiger partial charge in [-0.15, -0.1) is 0 Å². The minimum atomic E-state index is -0.144. The third-order valence-electron chi connectivity index (χ3n) is 3.70. The number of anilines is 1. The van der Waals surface area contributed by atoms with E-state index in [1.54, 1.807) is 0 Å². The van der Waals surface area contributed by atoms with E-state index in [2.05, 4.69) is 20.3 Å². The molecule has 0 radical (unpaired) electrons. The van der Waals surface area contributed by atoms with Gasteiger partial charge < -0.3 is 15.0 Å². The summed E-state index contributed by atoms with van der Waals surface area (Å²) in [4.78, 5) is 23.2. The van der Waals surface area contributed by atoms with Crippen molar-refractivity contribution in [1.29, 1.82) is 0 Å². The predicted molar refractivity (Wildman–Crippen MR) is 70.7 cm³/mol. The minimum Gasteiger partial charge on any atom is -0.469 e. The van der Waals surface area contributed by atoms with E-state index >= 15 is 0 Å². The van der Waals surface area contributed by atoms with E-state index in [1.807, 2.05) is 12.3 Å². The van der Waals surface area contributed by atoms with Crippen LogP contribution in [-0.4, -0.2) is 34.1 Å². The summed E-state index contributed by atoms with van der Waals surface area (Å²) in [7, 11) is 1.44. The van der Waals surface area contributed by atoms with Crippen molar-refractivity contribution in [2.75, 3.05) is 12.4 Å². The molecular weight excluding hydrogens is 244 g/mol. The van der Waals surface area contributed by atoms with Crippen molar-refractivity contribution < 1.29 is 9.53 Å². The minimum absolute atomic E-state index is 0.0837. The van der Waals surface area contributed by atoms with E-state index in [1.165, 1.54) is 13.4 Å². The summed E-state index contributed by atoms with van der Waals surface area (Å²) in [5.41, 5.74) is 0.796. The molecule has 19 heavy (non-hydrogen) atoms. The van der Waals surface area contributed by atoms with E-state index in [0.29, 0.717) is 0 Å². The van der Waals surface area contributed by atoms with Crippen LogP contribution in [0, 0.1) is 5.92 Å². The lowest BCUT2D eigenvalue weighted by molar-refractivity contribution is -0.145. The van der Waals surface area contributed by atoms with Gasteiger partial charge in [-0.25, -0.2) is 9.97 Å². The van der Waals surface area contributed by atoms with Gasteiger partial charge >= 0.3 is 5.97 Å². The van der Waals surface area contributed by atoms with Gasteiger partial charge in [0.15, 0.2) is 0 Å². The molecule has 0 amide bonds. The molecule has 6 heteroatoms. The Balaban J connectivity index is 1.84. The quantitative estimate of drug-likeness (QED) is 0.821. The number of nitrogens with one attached hydrogen (secondary N) is 2. The number of methoxy groups -OCH3 is 1. The van der Waals surface area contributed by atoms with Crippen LogP contribution in [0.5, 0.6) is 0 Å². The second-order valence-corrected chi connectivity index (χ2v) is 4.77. The topological polar surface area (TPSA) is 79.9 Å². The fourth-order valence-corrected chi connectivity index (χ4v) is 2.73. The molecule has 0 aliphatic heterocycles. The Bertz CT molecular complexity index is 595. The van der Waals surface area contributed by atoms with Gasteiger partial charge in [-0.2, -0.15) is 0 Å². The van der Waals surface area contributed by atoms with Crippen molar-refractivity contribution in [3.8, 4) is 0 Å². The molecule has 6 nitrogen and oxygen atoms in total. The van der Waals surface area contributed by atoms with Crippen molar-refractivity contribution in [2.45, 2.75) is 25.3 Å². The van der Waals surface area contributed by atoms with Gasteiger partial charge in [0.1, 0.15) is 17.8 Å². The van der Waals surface area contributed by atoms with E-state index in [4.69, 9.17) is 4.74 Å². The van der Waals surface area contributed by atoms with E-state index in [-0.39, 0.29) is 17.9 Å². The van der Waals surface area contributed by atoms with Crippen LogP contribution in [0.25, 0.3) is 11.0 Å². The van der Waals surface area contributed by atoms with Crippen LogP contribution in [-0.2, 0) is 9.53 Å². The highest BCUT2D eigenvalue weighted by molar-refractivity contribution is 5.87. The van der Waals surface area contributed by atoms with Crippen LogP contribution in [0.1, 0.15) is 19.3 Å². The van der Waals surface area contributed by atoms with E-state index < -0.39 is 0 Å². The van der Waals surface area contributed by atoms with Gasteiger partial charge in [-0.3, -0.25) is 4.79 Å². The van der Waals surface area contributed by atoms with Crippen molar-refractivity contribution >= 4 is 22.8 Å². The number of carbonyl (C=O) groups excluding carboxylic acids is 1. The second kappa shape index (κ2) is 4.87. The molecular formula is C13H16N4O2. The molecule has 1 saturated carbocycles. The highest BCUT2D eigenvalue weighted by Gasteiger charge is 2.34. The Labute approximate surface area is 110 Å². The molecule has 0 bridgehead atoms. The SMILES string of the molecule is COC(=O)[C@@H]1CCC[C@@H]1Nc1ncnc2[nH]ccc12. The first kappa shape index (κ1) is 12.0. The number of esters is 1. The van der Waals surface area contributed by atoms with E-state index in [9.17, 15) is 4.79 Å². The summed E-state index contributed by atoms with van der Waals surface area (Å²) in [6.45, 7) is 0. The molecule has 2 aromatic heterocycles. The number of H-pyrrole nitrogens is 1. The Morgan fingerprint density at radius 3 is 3.21 bits per heavy atom. The zero-order valence-corrected chi connectivity index (χ0v) is 10.7. The number of carbonyl (C=O) groups is 1. The van der Waals surface area contributed by atoms with Crippen LogP contribution in [0.4, 0.5) is 5.82 Å². The summed E-state index contributed by atoms with van der Waals surface area (Å²) in [5, 5.41) is 4.31. The number of aromatic amines is 1. The third kappa shape index (κ3) is 2.14. The maximum absolute atomic E-state index is 11.7. The molecule has 1 aliphatic carbocycles. The van der Waals surface area contributed by atoms with Gasteiger partial charge in [0.2, 0.25) is 0 Å². The molecule has 1 fully saturated rings. The van der Waals surface area contributed by atoms with Crippen molar-refractivity contribution in [3.05, 3.63) is 18.6 Å². The van der Waals surface area contributed by atoms with Gasteiger partial charge in [-0.1, -0.05) is 6.42 Å². The van der Waals surface area contributed by atoms with Crippen molar-refractivity contribution in [1.82, 2.24) is 15.0 Å². The lowest BCUT2D eigenvalue weighted by Crippen LogP contribution is -2.31. The largest absolute Gasteiger partial charge is 0.469 e. The fraction of sp³-hybridized carbons (Fsp3) is 0.462. The highest BCUT2D eigenvalue weighted by atomic mass is 16.5. The molecule has 2 N–H and O–H groups in total. The summed E-state index contributed by atoms with van der Waals surface area (Å²) in [6, 6.07) is 2.01. The lowest BCUT2D eigenvalue weighted by Gasteiger charge is -2.19. The first-order valence-corrected chi connectivity index (χ1v) is 6.42. The summed E-state index contributed by atoms with van der Waals surface area (Å²) in [5.74, 6) is 0.537. The number of hydrogen-bond acceptors (Lipinski definition) is 5. The number of aromatic nitrogens is 3. The Morgan fingerprint density at radius 2 is 2.37 bits per heavy atom. The van der Waals surface area contributed by atoms with Crippen molar-refractivity contribution in [2.24, 2.45) is 5.92 Å². The molecule has 2 heterocycles.